The largest absolute Gasteiger partial charge is 0.381 e. The van der Waals surface area contributed by atoms with Crippen molar-refractivity contribution in [3.63, 3.8) is 0 Å². The molecule has 0 N–H and O–H groups in total. The molecule has 1 aliphatic heterocycles. The molecule has 128 valence electrons. The number of carbonyl (C=O) groups excluding carboxylic acids is 1. The van der Waals surface area contributed by atoms with Crippen molar-refractivity contribution in [3.8, 4) is 17.2 Å². The van der Waals surface area contributed by atoms with Crippen molar-refractivity contribution in [2.75, 3.05) is 24.7 Å². The minimum atomic E-state index is 0.00744. The van der Waals surface area contributed by atoms with Crippen LogP contribution in [0.2, 0.25) is 0 Å². The van der Waals surface area contributed by atoms with E-state index in [1.165, 1.54) is 0 Å². The third-order valence-corrected chi connectivity index (χ3v) is 4.67. The van der Waals surface area contributed by atoms with Crippen LogP contribution in [0, 0.1) is 17.2 Å². The van der Waals surface area contributed by atoms with Crippen molar-refractivity contribution < 1.29 is 9.53 Å². The zero-order valence-corrected chi connectivity index (χ0v) is 14.4. The molecule has 0 saturated carbocycles. The molecule has 1 aliphatic rings. The van der Waals surface area contributed by atoms with E-state index in [4.69, 9.17) is 4.74 Å². The second-order valence-electron chi connectivity index (χ2n) is 6.18. The summed E-state index contributed by atoms with van der Waals surface area (Å²) in [7, 11) is 0. The second kappa shape index (κ2) is 7.96. The Balaban J connectivity index is 1.91. The number of hydrogen-bond acceptors (Lipinski definition) is 3. The maximum Gasteiger partial charge on any atom is 0.230 e. The van der Waals surface area contributed by atoms with Crippen LogP contribution in [0.1, 0.15) is 25.3 Å². The highest BCUT2D eigenvalue weighted by Gasteiger charge is 2.26. The molecule has 3 rings (SSSR count). The van der Waals surface area contributed by atoms with Gasteiger partial charge in [-0.25, -0.2) is 0 Å². The molecule has 4 heteroatoms. The normalized spacial score (nSPS) is 14.7. The minimum Gasteiger partial charge on any atom is -0.381 e. The van der Waals surface area contributed by atoms with Crippen molar-refractivity contribution in [2.45, 2.75) is 19.8 Å². The van der Waals surface area contributed by atoms with Crippen LogP contribution in [0.25, 0.3) is 11.1 Å². The number of anilines is 1. The molecule has 1 fully saturated rings. The number of hydrogen-bond donors (Lipinski definition) is 0. The summed E-state index contributed by atoms with van der Waals surface area (Å²) >= 11 is 0. The van der Waals surface area contributed by atoms with E-state index in [0.717, 1.165) is 29.7 Å². The second-order valence-corrected chi connectivity index (χ2v) is 6.18. The Morgan fingerprint density at radius 2 is 1.92 bits per heavy atom. The summed E-state index contributed by atoms with van der Waals surface area (Å²) in [5, 5.41) is 9.58. The molecule has 1 amide bonds. The molecule has 2 aromatic carbocycles. The lowest BCUT2D eigenvalue weighted by atomic mass is 9.97. The van der Waals surface area contributed by atoms with E-state index in [0.29, 0.717) is 25.3 Å². The van der Waals surface area contributed by atoms with Crippen LogP contribution in [0.5, 0.6) is 0 Å². The van der Waals surface area contributed by atoms with Gasteiger partial charge in [0.1, 0.15) is 0 Å². The van der Waals surface area contributed by atoms with Crippen molar-refractivity contribution in [1.29, 1.82) is 5.26 Å². The van der Waals surface area contributed by atoms with Gasteiger partial charge in [-0.1, -0.05) is 36.4 Å². The van der Waals surface area contributed by atoms with Crippen molar-refractivity contribution in [3.05, 3.63) is 54.1 Å². The summed E-state index contributed by atoms with van der Waals surface area (Å²) in [5.74, 6) is 0.134. The smallest absolute Gasteiger partial charge is 0.230 e. The SMILES string of the molecule is CCN(C(=O)C1CCOCC1)c1ccc(-c2ccccc2)c(C#N)c1. The molecule has 0 unspecified atom stereocenters. The average Bonchev–Trinajstić information content (AvgIpc) is 2.69. The van der Waals surface area contributed by atoms with Crippen LogP contribution in [-0.2, 0) is 9.53 Å². The van der Waals surface area contributed by atoms with Crippen LogP contribution >= 0.6 is 0 Å². The van der Waals surface area contributed by atoms with Crippen LogP contribution < -0.4 is 4.90 Å². The fourth-order valence-electron chi connectivity index (χ4n) is 3.29. The first-order valence-electron chi connectivity index (χ1n) is 8.73. The monoisotopic (exact) mass is 334 g/mol. The number of benzene rings is 2. The summed E-state index contributed by atoms with van der Waals surface area (Å²) < 4.78 is 5.36. The van der Waals surface area contributed by atoms with E-state index in [9.17, 15) is 10.1 Å². The molecule has 0 radical (unpaired) electrons. The zero-order chi connectivity index (χ0) is 17.6. The lowest BCUT2D eigenvalue weighted by Gasteiger charge is -2.29. The third kappa shape index (κ3) is 3.72. The van der Waals surface area contributed by atoms with Gasteiger partial charge in [-0.3, -0.25) is 4.79 Å². The number of nitrogens with zero attached hydrogens (tertiary/aromatic N) is 2. The van der Waals surface area contributed by atoms with Gasteiger partial charge in [0.05, 0.1) is 11.6 Å². The van der Waals surface area contributed by atoms with Gasteiger partial charge in [0.15, 0.2) is 0 Å². The highest BCUT2D eigenvalue weighted by Crippen LogP contribution is 2.29. The fraction of sp³-hybridized carbons (Fsp3) is 0.333. The highest BCUT2D eigenvalue weighted by molar-refractivity contribution is 5.95. The van der Waals surface area contributed by atoms with Gasteiger partial charge < -0.3 is 9.64 Å². The lowest BCUT2D eigenvalue weighted by molar-refractivity contribution is -0.125. The van der Waals surface area contributed by atoms with Gasteiger partial charge in [0.2, 0.25) is 5.91 Å². The fourth-order valence-corrected chi connectivity index (χ4v) is 3.29. The highest BCUT2D eigenvalue weighted by atomic mass is 16.5. The Kier molecular flexibility index (Phi) is 5.47. The van der Waals surface area contributed by atoms with E-state index in [1.54, 1.807) is 4.90 Å². The summed E-state index contributed by atoms with van der Waals surface area (Å²) in [5.41, 5.74) is 3.27. The number of ether oxygens (including phenoxy) is 1. The molecule has 2 aromatic rings. The van der Waals surface area contributed by atoms with Gasteiger partial charge in [0, 0.05) is 31.4 Å². The predicted molar refractivity (Wildman–Crippen MR) is 98.2 cm³/mol. The Bertz CT molecular complexity index is 774. The molecule has 0 spiro atoms. The molecule has 1 heterocycles. The molecular formula is C21H22N2O2. The molecular weight excluding hydrogens is 312 g/mol. The molecule has 0 atom stereocenters. The Morgan fingerprint density at radius 1 is 1.20 bits per heavy atom. The minimum absolute atomic E-state index is 0.00744. The van der Waals surface area contributed by atoms with Crippen molar-refractivity contribution in [2.24, 2.45) is 5.92 Å². The third-order valence-electron chi connectivity index (χ3n) is 4.67. The summed E-state index contributed by atoms with van der Waals surface area (Å²) in [6.45, 7) is 3.84. The lowest BCUT2D eigenvalue weighted by Crippen LogP contribution is -2.38. The maximum atomic E-state index is 12.9. The topological polar surface area (TPSA) is 53.3 Å². The first-order valence-corrected chi connectivity index (χ1v) is 8.73. The Labute approximate surface area is 148 Å². The van der Waals surface area contributed by atoms with E-state index >= 15 is 0 Å². The van der Waals surface area contributed by atoms with E-state index < -0.39 is 0 Å². The van der Waals surface area contributed by atoms with Crippen molar-refractivity contribution in [1.82, 2.24) is 0 Å². The number of carbonyl (C=O) groups is 1. The molecule has 25 heavy (non-hydrogen) atoms. The first kappa shape index (κ1) is 17.2. The zero-order valence-electron chi connectivity index (χ0n) is 14.4. The van der Waals surface area contributed by atoms with Gasteiger partial charge in [0.25, 0.3) is 0 Å². The Hall–Kier alpha value is -2.64. The summed E-state index contributed by atoms with van der Waals surface area (Å²) in [6.07, 6.45) is 1.53. The average molecular weight is 334 g/mol. The number of amides is 1. The predicted octanol–water partition coefficient (Wildman–Crippen LogP) is 4.00. The first-order chi connectivity index (χ1) is 12.2. The molecule has 0 aliphatic carbocycles. The number of nitriles is 1. The molecule has 0 aromatic heterocycles. The maximum absolute atomic E-state index is 12.9. The van der Waals surface area contributed by atoms with Gasteiger partial charge in [-0.15, -0.1) is 0 Å². The molecule has 1 saturated heterocycles. The standard InChI is InChI=1S/C21H22N2O2/c1-2-23(21(24)17-10-12-25-13-11-17)19-8-9-20(18(14-19)15-22)16-6-4-3-5-7-16/h3-9,14,17H,2,10-13H2,1H3. The van der Waals surface area contributed by atoms with E-state index in [2.05, 4.69) is 6.07 Å². The Morgan fingerprint density at radius 3 is 2.56 bits per heavy atom. The molecule has 0 bridgehead atoms. The van der Waals surface area contributed by atoms with E-state index in [-0.39, 0.29) is 11.8 Å². The van der Waals surface area contributed by atoms with Crippen LogP contribution in [0.4, 0.5) is 5.69 Å². The van der Waals surface area contributed by atoms with Gasteiger partial charge in [-0.05, 0) is 43.0 Å². The summed E-state index contributed by atoms with van der Waals surface area (Å²) in [4.78, 5) is 14.7. The van der Waals surface area contributed by atoms with Crippen molar-refractivity contribution >= 4 is 11.6 Å². The van der Waals surface area contributed by atoms with Gasteiger partial charge >= 0.3 is 0 Å². The van der Waals surface area contributed by atoms with E-state index in [1.807, 2.05) is 55.5 Å². The quantitative estimate of drug-likeness (QED) is 0.849. The van der Waals surface area contributed by atoms with Crippen LogP contribution in [-0.4, -0.2) is 25.7 Å². The van der Waals surface area contributed by atoms with Gasteiger partial charge in [-0.2, -0.15) is 5.26 Å². The van der Waals surface area contributed by atoms with Crippen LogP contribution in [0.3, 0.4) is 0 Å². The molecule has 4 nitrogen and oxygen atoms in total. The summed E-state index contributed by atoms with van der Waals surface area (Å²) in [6, 6.07) is 17.8. The number of rotatable bonds is 4. The van der Waals surface area contributed by atoms with Crippen LogP contribution in [0.15, 0.2) is 48.5 Å².